The Kier molecular flexibility index (Phi) is 4.17. The Labute approximate surface area is 116 Å². The molecular formula is C14H18FN3S. The summed E-state index contributed by atoms with van der Waals surface area (Å²) in [6.07, 6.45) is 0. The maximum atomic E-state index is 13.9. The van der Waals surface area contributed by atoms with Gasteiger partial charge in [0.1, 0.15) is 5.82 Å². The summed E-state index contributed by atoms with van der Waals surface area (Å²) in [7, 11) is 1.93. The Hall–Kier alpha value is -1.46. The lowest BCUT2D eigenvalue weighted by Crippen LogP contribution is -2.21. The number of nitrogens with two attached hydrogens (primary N) is 1. The van der Waals surface area contributed by atoms with Gasteiger partial charge in [-0.3, -0.25) is 0 Å². The number of nitrogens with zero attached hydrogens (tertiary/aromatic N) is 2. The lowest BCUT2D eigenvalue weighted by atomic mass is 10.1. The molecule has 0 bridgehead atoms. The van der Waals surface area contributed by atoms with E-state index >= 15 is 0 Å². The highest BCUT2D eigenvalue weighted by Gasteiger charge is 2.16. The fourth-order valence-electron chi connectivity index (χ4n) is 2.12. The number of hydrogen-bond donors (Lipinski definition) is 1. The van der Waals surface area contributed by atoms with Gasteiger partial charge in [-0.2, -0.15) is 0 Å². The minimum Gasteiger partial charge on any atom is -0.368 e. The lowest BCUT2D eigenvalue weighted by Gasteiger charge is -2.23. The van der Waals surface area contributed by atoms with E-state index in [1.54, 1.807) is 24.3 Å². The number of hydrogen-bond acceptors (Lipinski definition) is 4. The Bertz CT molecular complexity index is 566. The van der Waals surface area contributed by atoms with Gasteiger partial charge < -0.3 is 10.6 Å². The van der Waals surface area contributed by atoms with Crippen LogP contribution in [-0.4, -0.2) is 12.0 Å². The predicted octanol–water partition coefficient (Wildman–Crippen LogP) is 3.25. The van der Waals surface area contributed by atoms with Gasteiger partial charge in [0.15, 0.2) is 0 Å². The molecule has 102 valence electrons. The van der Waals surface area contributed by atoms with E-state index in [2.05, 4.69) is 4.98 Å². The van der Waals surface area contributed by atoms with Crippen LogP contribution in [0.25, 0.3) is 0 Å². The molecule has 2 aromatic rings. The zero-order valence-electron chi connectivity index (χ0n) is 11.4. The van der Waals surface area contributed by atoms with E-state index in [-0.39, 0.29) is 11.9 Å². The average Bonchev–Trinajstić information content (AvgIpc) is 2.73. The first-order valence-corrected chi connectivity index (χ1v) is 7.03. The molecule has 3 nitrogen and oxygen atoms in total. The molecule has 2 N–H and O–H groups in total. The molecule has 1 aromatic carbocycles. The zero-order valence-corrected chi connectivity index (χ0v) is 12.2. The third-order valence-electron chi connectivity index (χ3n) is 2.96. The van der Waals surface area contributed by atoms with E-state index in [1.807, 2.05) is 30.3 Å². The van der Waals surface area contributed by atoms with Gasteiger partial charge in [0, 0.05) is 29.7 Å². The molecular weight excluding hydrogens is 261 g/mol. The minimum atomic E-state index is -0.337. The Morgan fingerprint density at radius 3 is 2.79 bits per heavy atom. The molecule has 0 aliphatic heterocycles. The quantitative estimate of drug-likeness (QED) is 0.934. The number of aromatic nitrogens is 1. The van der Waals surface area contributed by atoms with Gasteiger partial charge in [0.05, 0.1) is 17.2 Å². The van der Waals surface area contributed by atoms with Crippen molar-refractivity contribution in [1.29, 1.82) is 0 Å². The fraction of sp³-hybridized carbons (Fsp3) is 0.357. The van der Waals surface area contributed by atoms with Crippen LogP contribution in [0.1, 0.15) is 29.2 Å². The first kappa shape index (κ1) is 14.0. The van der Waals surface area contributed by atoms with Gasteiger partial charge in [-0.15, -0.1) is 11.3 Å². The second-order valence-corrected chi connectivity index (χ2v) is 5.74. The number of anilines is 1. The first-order valence-electron chi connectivity index (χ1n) is 6.15. The average molecular weight is 279 g/mol. The molecule has 0 saturated heterocycles. The van der Waals surface area contributed by atoms with Gasteiger partial charge in [-0.05, 0) is 26.0 Å². The van der Waals surface area contributed by atoms with Crippen molar-refractivity contribution in [2.45, 2.75) is 26.4 Å². The third kappa shape index (κ3) is 3.11. The minimum absolute atomic E-state index is 0.256. The van der Waals surface area contributed by atoms with Crippen LogP contribution in [0.2, 0.25) is 0 Å². The van der Waals surface area contributed by atoms with Gasteiger partial charge >= 0.3 is 0 Å². The van der Waals surface area contributed by atoms with Crippen LogP contribution in [0.3, 0.4) is 0 Å². The molecule has 1 heterocycles. The standard InChI is InChI=1S/C14H18FN3S/c1-9(16)14-12(15)5-4-6-13(14)18(3)7-11-8-19-10(2)17-11/h4-6,8-9H,7,16H2,1-3H3/t9-/m0/s1. The van der Waals surface area contributed by atoms with Gasteiger partial charge in [0.2, 0.25) is 0 Å². The predicted molar refractivity (Wildman–Crippen MR) is 78.0 cm³/mol. The highest BCUT2D eigenvalue weighted by Crippen LogP contribution is 2.28. The molecule has 0 unspecified atom stereocenters. The van der Waals surface area contributed by atoms with Crippen molar-refractivity contribution >= 4 is 17.0 Å². The summed E-state index contributed by atoms with van der Waals surface area (Å²) >= 11 is 1.62. The van der Waals surface area contributed by atoms with E-state index in [1.165, 1.54) is 6.07 Å². The van der Waals surface area contributed by atoms with Crippen LogP contribution in [-0.2, 0) is 6.54 Å². The van der Waals surface area contributed by atoms with Gasteiger partial charge in [-0.1, -0.05) is 6.07 Å². The number of rotatable bonds is 4. The van der Waals surface area contributed by atoms with Gasteiger partial charge in [0.25, 0.3) is 0 Å². The smallest absolute Gasteiger partial charge is 0.130 e. The van der Waals surface area contributed by atoms with Crippen LogP contribution >= 0.6 is 11.3 Å². The van der Waals surface area contributed by atoms with Gasteiger partial charge in [-0.25, -0.2) is 9.37 Å². The van der Waals surface area contributed by atoms with E-state index in [0.717, 1.165) is 16.4 Å². The molecule has 1 atom stereocenters. The van der Waals surface area contributed by atoms with E-state index in [0.29, 0.717) is 12.1 Å². The summed E-state index contributed by atoms with van der Waals surface area (Å²) in [6, 6.07) is 4.71. The zero-order chi connectivity index (χ0) is 14.0. The summed E-state index contributed by atoms with van der Waals surface area (Å²) in [5.74, 6) is -0.256. The molecule has 2 rings (SSSR count). The summed E-state index contributed by atoms with van der Waals surface area (Å²) in [6.45, 7) is 4.42. The van der Waals surface area contributed by atoms with Crippen molar-refractivity contribution in [2.75, 3.05) is 11.9 Å². The molecule has 0 aliphatic carbocycles. The van der Waals surface area contributed by atoms with E-state index in [9.17, 15) is 4.39 Å². The number of aryl methyl sites for hydroxylation is 1. The van der Waals surface area contributed by atoms with Crippen LogP contribution in [0, 0.1) is 12.7 Å². The normalized spacial score (nSPS) is 12.5. The molecule has 0 spiro atoms. The SMILES string of the molecule is Cc1nc(CN(C)c2cccc(F)c2[C@H](C)N)cs1. The lowest BCUT2D eigenvalue weighted by molar-refractivity contribution is 0.592. The fourth-order valence-corrected chi connectivity index (χ4v) is 2.72. The maximum Gasteiger partial charge on any atom is 0.130 e. The maximum absolute atomic E-state index is 13.9. The summed E-state index contributed by atoms with van der Waals surface area (Å²) in [5, 5.41) is 3.06. The van der Waals surface area contributed by atoms with Crippen LogP contribution in [0.5, 0.6) is 0 Å². The summed E-state index contributed by atoms with van der Waals surface area (Å²) in [4.78, 5) is 6.41. The number of thiazole rings is 1. The van der Waals surface area contributed by atoms with Crippen LogP contribution in [0.15, 0.2) is 23.6 Å². The molecule has 5 heteroatoms. The van der Waals surface area contributed by atoms with Crippen molar-refractivity contribution < 1.29 is 4.39 Å². The molecule has 19 heavy (non-hydrogen) atoms. The van der Waals surface area contributed by atoms with Crippen molar-refractivity contribution in [1.82, 2.24) is 4.98 Å². The Morgan fingerprint density at radius 1 is 1.47 bits per heavy atom. The van der Waals surface area contributed by atoms with Crippen molar-refractivity contribution in [2.24, 2.45) is 5.73 Å². The monoisotopic (exact) mass is 279 g/mol. The highest BCUT2D eigenvalue weighted by atomic mass is 32.1. The van der Waals surface area contributed by atoms with Crippen LogP contribution < -0.4 is 10.6 Å². The number of benzene rings is 1. The van der Waals surface area contributed by atoms with E-state index in [4.69, 9.17) is 5.73 Å². The van der Waals surface area contributed by atoms with E-state index < -0.39 is 0 Å². The molecule has 0 fully saturated rings. The first-order chi connectivity index (χ1) is 8.99. The molecule has 1 aromatic heterocycles. The van der Waals surface area contributed by atoms with Crippen molar-refractivity contribution in [3.63, 3.8) is 0 Å². The van der Waals surface area contributed by atoms with Crippen LogP contribution in [0.4, 0.5) is 10.1 Å². The molecule has 0 amide bonds. The molecule has 0 saturated carbocycles. The summed E-state index contributed by atoms with van der Waals surface area (Å²) < 4.78 is 13.9. The van der Waals surface area contributed by atoms with Crippen molar-refractivity contribution in [3.8, 4) is 0 Å². The third-order valence-corrected chi connectivity index (χ3v) is 3.78. The molecule has 0 aliphatic rings. The Morgan fingerprint density at radius 2 is 2.21 bits per heavy atom. The second-order valence-electron chi connectivity index (χ2n) is 4.68. The molecule has 0 radical (unpaired) electrons. The summed E-state index contributed by atoms with van der Waals surface area (Å²) in [5.41, 5.74) is 8.23. The Balaban J connectivity index is 2.28. The van der Waals surface area contributed by atoms with Crippen molar-refractivity contribution in [3.05, 3.63) is 45.7 Å². The number of halogens is 1. The highest BCUT2D eigenvalue weighted by molar-refractivity contribution is 7.09. The second kappa shape index (κ2) is 5.67. The largest absolute Gasteiger partial charge is 0.368 e. The topological polar surface area (TPSA) is 42.2 Å².